The van der Waals surface area contributed by atoms with Gasteiger partial charge in [-0.15, -0.1) is 0 Å². The number of aliphatic carboxylic acids is 1. The summed E-state index contributed by atoms with van der Waals surface area (Å²) < 4.78 is 0. The highest BCUT2D eigenvalue weighted by molar-refractivity contribution is 5.91. The fourth-order valence-corrected chi connectivity index (χ4v) is 1.57. The van der Waals surface area contributed by atoms with Gasteiger partial charge in [-0.05, 0) is 12.3 Å². The number of primary amides is 1. The molecule has 0 saturated heterocycles. The summed E-state index contributed by atoms with van der Waals surface area (Å²) in [5, 5.41) is 13.7. The first-order chi connectivity index (χ1) is 9.68. The lowest BCUT2D eigenvalue weighted by atomic mass is 10.0. The van der Waals surface area contributed by atoms with Crippen molar-refractivity contribution >= 4 is 23.7 Å². The van der Waals surface area contributed by atoms with Crippen LogP contribution in [0.1, 0.15) is 26.7 Å². The Morgan fingerprint density at radius 3 is 2.10 bits per heavy atom. The van der Waals surface area contributed by atoms with Crippen molar-refractivity contribution in [1.29, 1.82) is 0 Å². The molecule has 2 atom stereocenters. The van der Waals surface area contributed by atoms with Crippen molar-refractivity contribution in [3.05, 3.63) is 0 Å². The van der Waals surface area contributed by atoms with Crippen LogP contribution in [0.25, 0.3) is 0 Å². The van der Waals surface area contributed by atoms with Gasteiger partial charge in [-0.2, -0.15) is 0 Å². The van der Waals surface area contributed by atoms with E-state index in [1.54, 1.807) is 13.8 Å². The fraction of sp³-hybridized carbons (Fsp3) is 0.667. The molecule has 0 aliphatic heterocycles. The third-order valence-corrected chi connectivity index (χ3v) is 2.75. The van der Waals surface area contributed by atoms with Gasteiger partial charge in [-0.3, -0.25) is 14.4 Å². The molecule has 0 spiro atoms. The molecule has 7 N–H and O–H groups in total. The summed E-state index contributed by atoms with van der Waals surface area (Å²) in [6, 6.07) is -2.16. The fourth-order valence-electron chi connectivity index (χ4n) is 1.57. The normalized spacial score (nSPS) is 13.3. The maximum Gasteiger partial charge on any atom is 0.326 e. The summed E-state index contributed by atoms with van der Waals surface area (Å²) in [5.74, 6) is -3.37. The Labute approximate surface area is 122 Å². The van der Waals surface area contributed by atoms with Crippen LogP contribution in [-0.2, 0) is 19.2 Å². The van der Waals surface area contributed by atoms with Gasteiger partial charge in [0.05, 0.1) is 6.54 Å². The zero-order valence-electron chi connectivity index (χ0n) is 12.1. The average molecular weight is 302 g/mol. The van der Waals surface area contributed by atoms with E-state index in [9.17, 15) is 19.2 Å². The number of hydrogen-bond acceptors (Lipinski definition) is 5. The van der Waals surface area contributed by atoms with Gasteiger partial charge >= 0.3 is 5.97 Å². The number of carboxylic acids is 1. The molecule has 21 heavy (non-hydrogen) atoms. The van der Waals surface area contributed by atoms with Crippen molar-refractivity contribution in [2.75, 3.05) is 6.54 Å². The lowest BCUT2D eigenvalue weighted by molar-refractivity contribution is -0.142. The van der Waals surface area contributed by atoms with E-state index in [4.69, 9.17) is 16.6 Å². The Kier molecular flexibility index (Phi) is 7.99. The Morgan fingerprint density at radius 2 is 1.71 bits per heavy atom. The van der Waals surface area contributed by atoms with Gasteiger partial charge in [0.15, 0.2) is 0 Å². The van der Waals surface area contributed by atoms with Gasteiger partial charge in [0.1, 0.15) is 12.1 Å². The molecule has 0 aromatic rings. The molecule has 0 rings (SSSR count). The maximum absolute atomic E-state index is 12.0. The lowest BCUT2D eigenvalue weighted by Crippen LogP contribution is -2.54. The van der Waals surface area contributed by atoms with Crippen LogP contribution in [0, 0.1) is 5.92 Å². The Balaban J connectivity index is 4.79. The summed E-state index contributed by atoms with van der Waals surface area (Å²) in [5.41, 5.74) is 10.1. The van der Waals surface area contributed by atoms with Crippen LogP contribution in [0.2, 0.25) is 0 Å². The summed E-state index contributed by atoms with van der Waals surface area (Å²) in [7, 11) is 0. The number of nitrogens with two attached hydrogens (primary N) is 2. The molecular formula is C12H22N4O5. The van der Waals surface area contributed by atoms with Gasteiger partial charge in [-0.25, -0.2) is 4.79 Å². The average Bonchev–Trinajstić information content (AvgIpc) is 2.38. The van der Waals surface area contributed by atoms with Gasteiger partial charge < -0.3 is 27.2 Å². The van der Waals surface area contributed by atoms with Gasteiger partial charge in [0, 0.05) is 6.42 Å². The predicted octanol–water partition coefficient (Wildman–Crippen LogP) is -2.08. The van der Waals surface area contributed by atoms with E-state index < -0.39 is 35.8 Å². The predicted molar refractivity (Wildman–Crippen MR) is 73.8 cm³/mol. The van der Waals surface area contributed by atoms with Crippen LogP contribution >= 0.6 is 0 Å². The van der Waals surface area contributed by atoms with E-state index in [2.05, 4.69) is 10.6 Å². The van der Waals surface area contributed by atoms with Crippen molar-refractivity contribution in [2.24, 2.45) is 17.4 Å². The molecule has 0 bridgehead atoms. The minimum Gasteiger partial charge on any atom is -0.480 e. The maximum atomic E-state index is 12.0. The molecule has 0 saturated carbocycles. The highest BCUT2D eigenvalue weighted by Gasteiger charge is 2.28. The van der Waals surface area contributed by atoms with Crippen LogP contribution in [0.5, 0.6) is 0 Å². The third kappa shape index (κ3) is 7.25. The first kappa shape index (κ1) is 18.8. The molecule has 120 valence electrons. The molecule has 0 aromatic carbocycles. The summed E-state index contributed by atoms with van der Waals surface area (Å²) in [6.07, 6.45) is -0.287. The quantitative estimate of drug-likeness (QED) is 0.328. The monoisotopic (exact) mass is 302 g/mol. The Morgan fingerprint density at radius 1 is 1.14 bits per heavy atom. The number of carbonyl (C=O) groups is 4. The molecule has 0 unspecified atom stereocenters. The van der Waals surface area contributed by atoms with E-state index >= 15 is 0 Å². The number of amides is 3. The topological polar surface area (TPSA) is 165 Å². The minimum absolute atomic E-state index is 0.119. The highest BCUT2D eigenvalue weighted by Crippen LogP contribution is 2.04. The number of carbonyl (C=O) groups excluding carboxylic acids is 3. The van der Waals surface area contributed by atoms with E-state index in [-0.39, 0.29) is 25.3 Å². The zero-order chi connectivity index (χ0) is 16.6. The Hall–Kier alpha value is -2.16. The van der Waals surface area contributed by atoms with E-state index in [0.29, 0.717) is 0 Å². The molecule has 0 radical (unpaired) electrons. The number of hydrogen-bond donors (Lipinski definition) is 5. The highest BCUT2D eigenvalue weighted by atomic mass is 16.4. The molecular weight excluding hydrogens is 280 g/mol. The van der Waals surface area contributed by atoms with Crippen LogP contribution in [0.15, 0.2) is 0 Å². The molecule has 0 aliphatic carbocycles. The van der Waals surface area contributed by atoms with Crippen molar-refractivity contribution in [1.82, 2.24) is 10.6 Å². The standard InChI is InChI=1S/C12H22N4O5/c1-6(2)10(16-9(18)5-13)11(19)15-7(12(20)21)3-4-8(14)17/h6-7,10H,3-5,13H2,1-2H3,(H2,14,17)(H,15,19)(H,16,18)(H,20,21)/t7-,10-/m0/s1. The number of rotatable bonds is 9. The number of nitrogens with one attached hydrogen (secondary N) is 2. The van der Waals surface area contributed by atoms with Crippen LogP contribution in [0.4, 0.5) is 0 Å². The molecule has 0 aliphatic rings. The summed E-state index contributed by atoms with van der Waals surface area (Å²) in [4.78, 5) is 45.1. The molecule has 9 nitrogen and oxygen atoms in total. The molecule has 0 heterocycles. The zero-order valence-corrected chi connectivity index (χ0v) is 12.1. The third-order valence-electron chi connectivity index (χ3n) is 2.75. The smallest absolute Gasteiger partial charge is 0.326 e. The summed E-state index contributed by atoms with van der Waals surface area (Å²) >= 11 is 0. The van der Waals surface area contributed by atoms with Crippen LogP contribution in [-0.4, -0.2) is 47.4 Å². The second kappa shape index (κ2) is 8.90. The second-order valence-electron chi connectivity index (χ2n) is 4.90. The molecule has 3 amide bonds. The van der Waals surface area contributed by atoms with E-state index in [0.717, 1.165) is 0 Å². The van der Waals surface area contributed by atoms with Crippen molar-refractivity contribution in [3.8, 4) is 0 Å². The second-order valence-corrected chi connectivity index (χ2v) is 4.90. The van der Waals surface area contributed by atoms with Gasteiger partial charge in [0.2, 0.25) is 17.7 Å². The minimum atomic E-state index is -1.28. The van der Waals surface area contributed by atoms with Crippen molar-refractivity contribution in [3.63, 3.8) is 0 Å². The van der Waals surface area contributed by atoms with Crippen LogP contribution < -0.4 is 22.1 Å². The molecule has 0 aromatic heterocycles. The first-order valence-corrected chi connectivity index (χ1v) is 6.50. The van der Waals surface area contributed by atoms with Crippen molar-refractivity contribution < 1.29 is 24.3 Å². The van der Waals surface area contributed by atoms with E-state index in [1.807, 2.05) is 0 Å². The lowest BCUT2D eigenvalue weighted by Gasteiger charge is -2.23. The summed E-state index contributed by atoms with van der Waals surface area (Å²) in [6.45, 7) is 3.11. The number of carboxylic acid groups (broad SMARTS) is 1. The van der Waals surface area contributed by atoms with Gasteiger partial charge in [-0.1, -0.05) is 13.8 Å². The van der Waals surface area contributed by atoms with Crippen LogP contribution in [0.3, 0.4) is 0 Å². The molecule has 9 heteroatoms. The van der Waals surface area contributed by atoms with E-state index in [1.165, 1.54) is 0 Å². The Bertz CT molecular complexity index is 410. The SMILES string of the molecule is CC(C)[C@H](NC(=O)CN)C(=O)N[C@@H](CCC(N)=O)C(=O)O. The van der Waals surface area contributed by atoms with Crippen molar-refractivity contribution in [2.45, 2.75) is 38.8 Å². The first-order valence-electron chi connectivity index (χ1n) is 6.50. The molecule has 0 fully saturated rings. The van der Waals surface area contributed by atoms with Gasteiger partial charge in [0.25, 0.3) is 0 Å². The largest absolute Gasteiger partial charge is 0.480 e.